The van der Waals surface area contributed by atoms with Crippen molar-refractivity contribution in [2.75, 3.05) is 10.8 Å². The number of benzene rings is 1. The summed E-state index contributed by atoms with van der Waals surface area (Å²) in [6.07, 6.45) is 4.69. The number of amides is 1. The van der Waals surface area contributed by atoms with Crippen LogP contribution in [0.15, 0.2) is 58.3 Å². The van der Waals surface area contributed by atoms with Gasteiger partial charge in [0.1, 0.15) is 4.21 Å². The van der Waals surface area contributed by atoms with Crippen molar-refractivity contribution in [2.45, 2.75) is 36.3 Å². The molecule has 9 heteroatoms. The Morgan fingerprint density at radius 2 is 1.90 bits per heavy atom. The van der Waals surface area contributed by atoms with E-state index >= 15 is 0 Å². The van der Waals surface area contributed by atoms with Gasteiger partial charge in [-0.1, -0.05) is 37.1 Å². The van der Waals surface area contributed by atoms with Gasteiger partial charge >= 0.3 is 0 Å². The smallest absolute Gasteiger partial charge is 0.273 e. The van der Waals surface area contributed by atoms with Gasteiger partial charge in [0.05, 0.1) is 17.4 Å². The number of hydroxylamine groups is 1. The molecule has 0 bridgehead atoms. The standard InChI is InChI=1S/C20H23N3O4S2/c24-19(22-25)10-3-1-2-6-12-23(29(26,27)20-11-7-13-28-20)17-14-16-8-4-5-9-18(16)21-15-17/h4-5,7-9,11,13-15,25H,1-3,6,10,12H2,(H,22,24). The van der Waals surface area contributed by atoms with Gasteiger partial charge in [0.15, 0.2) is 0 Å². The summed E-state index contributed by atoms with van der Waals surface area (Å²) in [6, 6.07) is 12.8. The predicted octanol–water partition coefficient (Wildman–Crippen LogP) is 3.95. The highest BCUT2D eigenvalue weighted by Gasteiger charge is 2.26. The number of nitrogens with one attached hydrogen (secondary N) is 1. The molecule has 0 aliphatic rings. The predicted molar refractivity (Wildman–Crippen MR) is 114 cm³/mol. The van der Waals surface area contributed by atoms with E-state index in [4.69, 9.17) is 5.21 Å². The summed E-state index contributed by atoms with van der Waals surface area (Å²) in [7, 11) is -3.67. The maximum Gasteiger partial charge on any atom is 0.273 e. The first-order chi connectivity index (χ1) is 14.0. The van der Waals surface area contributed by atoms with Gasteiger partial charge in [0, 0.05) is 18.4 Å². The lowest BCUT2D eigenvalue weighted by atomic mass is 10.1. The van der Waals surface area contributed by atoms with Crippen LogP contribution in [0.5, 0.6) is 0 Å². The first-order valence-electron chi connectivity index (χ1n) is 9.36. The zero-order chi connectivity index (χ0) is 20.7. The van der Waals surface area contributed by atoms with Crippen molar-refractivity contribution in [1.29, 1.82) is 0 Å². The molecule has 2 heterocycles. The van der Waals surface area contributed by atoms with Gasteiger partial charge < -0.3 is 0 Å². The number of para-hydroxylation sites is 1. The number of pyridine rings is 1. The number of nitrogens with zero attached hydrogens (tertiary/aromatic N) is 2. The number of carbonyl (C=O) groups excluding carboxylic acids is 1. The summed E-state index contributed by atoms with van der Waals surface area (Å²) < 4.78 is 28.1. The molecule has 0 atom stereocenters. The van der Waals surface area contributed by atoms with Crippen LogP contribution >= 0.6 is 11.3 Å². The fourth-order valence-electron chi connectivity index (χ4n) is 3.05. The van der Waals surface area contributed by atoms with Gasteiger partial charge in [-0.25, -0.2) is 13.9 Å². The highest BCUT2D eigenvalue weighted by molar-refractivity contribution is 7.94. The number of rotatable bonds is 10. The van der Waals surface area contributed by atoms with Gasteiger partial charge in [-0.3, -0.25) is 19.3 Å². The van der Waals surface area contributed by atoms with Gasteiger partial charge in [0.2, 0.25) is 5.91 Å². The van der Waals surface area contributed by atoms with E-state index in [0.717, 1.165) is 23.7 Å². The zero-order valence-corrected chi connectivity index (χ0v) is 17.5. The molecule has 0 radical (unpaired) electrons. The number of fused-ring (bicyclic) bond motifs is 1. The Hall–Kier alpha value is -2.49. The third-order valence-electron chi connectivity index (χ3n) is 4.54. The number of aromatic nitrogens is 1. The van der Waals surface area contributed by atoms with E-state index in [-0.39, 0.29) is 6.42 Å². The van der Waals surface area contributed by atoms with Crippen LogP contribution in [-0.2, 0) is 14.8 Å². The van der Waals surface area contributed by atoms with Crippen molar-refractivity contribution < 1.29 is 18.4 Å². The lowest BCUT2D eigenvalue weighted by Crippen LogP contribution is -2.31. The number of carbonyl (C=O) groups is 1. The van der Waals surface area contributed by atoms with Crippen LogP contribution in [0.25, 0.3) is 10.9 Å². The first-order valence-corrected chi connectivity index (χ1v) is 11.7. The Bertz CT molecular complexity index is 1050. The van der Waals surface area contributed by atoms with E-state index in [1.54, 1.807) is 29.2 Å². The van der Waals surface area contributed by atoms with Gasteiger partial charge in [-0.2, -0.15) is 0 Å². The summed E-state index contributed by atoms with van der Waals surface area (Å²) in [5, 5.41) is 11.1. The number of unbranched alkanes of at least 4 members (excludes halogenated alkanes) is 3. The normalized spacial score (nSPS) is 11.5. The summed E-state index contributed by atoms with van der Waals surface area (Å²) >= 11 is 1.19. The summed E-state index contributed by atoms with van der Waals surface area (Å²) in [4.78, 5) is 15.5. The Kier molecular flexibility index (Phi) is 7.18. The molecule has 0 fully saturated rings. The molecule has 1 amide bonds. The maximum atomic E-state index is 13.2. The van der Waals surface area contributed by atoms with Crippen molar-refractivity contribution in [1.82, 2.24) is 10.5 Å². The van der Waals surface area contributed by atoms with Crippen LogP contribution < -0.4 is 9.79 Å². The number of hydrogen-bond acceptors (Lipinski definition) is 6. The lowest BCUT2D eigenvalue weighted by molar-refractivity contribution is -0.129. The van der Waals surface area contributed by atoms with Crippen molar-refractivity contribution in [3.05, 3.63) is 54.0 Å². The number of thiophene rings is 1. The average molecular weight is 434 g/mol. The van der Waals surface area contributed by atoms with E-state index in [1.807, 2.05) is 30.3 Å². The molecule has 154 valence electrons. The Morgan fingerprint density at radius 3 is 2.66 bits per heavy atom. The second kappa shape index (κ2) is 9.82. The maximum absolute atomic E-state index is 13.2. The van der Waals surface area contributed by atoms with E-state index in [9.17, 15) is 13.2 Å². The monoisotopic (exact) mass is 433 g/mol. The van der Waals surface area contributed by atoms with Crippen molar-refractivity contribution in [3.63, 3.8) is 0 Å². The Balaban J connectivity index is 1.76. The molecular formula is C20H23N3O4S2. The molecule has 0 aliphatic heterocycles. The second-order valence-corrected chi connectivity index (χ2v) is 9.63. The van der Waals surface area contributed by atoms with Crippen LogP contribution in [-0.4, -0.2) is 31.1 Å². The minimum atomic E-state index is -3.67. The molecule has 0 spiro atoms. The topological polar surface area (TPSA) is 99.6 Å². The van der Waals surface area contributed by atoms with E-state index in [1.165, 1.54) is 15.6 Å². The molecule has 0 saturated carbocycles. The van der Waals surface area contributed by atoms with E-state index < -0.39 is 15.9 Å². The first kappa shape index (κ1) is 21.2. The molecule has 7 nitrogen and oxygen atoms in total. The highest BCUT2D eigenvalue weighted by Crippen LogP contribution is 2.28. The minimum Gasteiger partial charge on any atom is -0.289 e. The molecule has 0 saturated heterocycles. The van der Waals surface area contributed by atoms with E-state index in [0.29, 0.717) is 29.3 Å². The largest absolute Gasteiger partial charge is 0.289 e. The molecule has 29 heavy (non-hydrogen) atoms. The van der Waals surface area contributed by atoms with Crippen molar-refractivity contribution >= 4 is 43.9 Å². The van der Waals surface area contributed by atoms with Crippen LogP contribution in [0.1, 0.15) is 32.1 Å². The molecule has 3 rings (SSSR count). The van der Waals surface area contributed by atoms with Crippen LogP contribution in [0.2, 0.25) is 0 Å². The van der Waals surface area contributed by atoms with Crippen LogP contribution in [0.3, 0.4) is 0 Å². The SMILES string of the molecule is O=C(CCCCCCN(c1cnc2ccccc2c1)S(=O)(=O)c1cccs1)NO. The quantitative estimate of drug-likeness (QED) is 0.287. The summed E-state index contributed by atoms with van der Waals surface area (Å²) in [5.74, 6) is -0.408. The number of sulfonamides is 1. The average Bonchev–Trinajstić information content (AvgIpc) is 3.28. The van der Waals surface area contributed by atoms with Crippen LogP contribution in [0.4, 0.5) is 5.69 Å². The fourth-order valence-corrected chi connectivity index (χ4v) is 5.64. The van der Waals surface area contributed by atoms with Gasteiger partial charge in [0.25, 0.3) is 10.0 Å². The molecule has 0 aliphatic carbocycles. The molecule has 3 aromatic rings. The molecule has 0 unspecified atom stereocenters. The van der Waals surface area contributed by atoms with Gasteiger partial charge in [-0.15, -0.1) is 11.3 Å². The second-order valence-electron chi connectivity index (χ2n) is 6.59. The number of hydrogen-bond donors (Lipinski definition) is 2. The Morgan fingerprint density at radius 1 is 1.10 bits per heavy atom. The third kappa shape index (κ3) is 5.31. The van der Waals surface area contributed by atoms with Crippen LogP contribution in [0, 0.1) is 0 Å². The third-order valence-corrected chi connectivity index (χ3v) is 7.74. The summed E-state index contributed by atoms with van der Waals surface area (Å²) in [6.45, 7) is 0.326. The Labute approximate surface area is 174 Å². The zero-order valence-electron chi connectivity index (χ0n) is 15.8. The van der Waals surface area contributed by atoms with E-state index in [2.05, 4.69) is 4.98 Å². The summed E-state index contributed by atoms with van der Waals surface area (Å²) in [5.41, 5.74) is 2.96. The van der Waals surface area contributed by atoms with Crippen molar-refractivity contribution in [2.24, 2.45) is 0 Å². The molecule has 1 aromatic carbocycles. The molecule has 2 aromatic heterocycles. The minimum absolute atomic E-state index is 0.252. The van der Waals surface area contributed by atoms with Gasteiger partial charge in [-0.05, 0) is 36.4 Å². The fraction of sp³-hybridized carbons (Fsp3) is 0.300. The lowest BCUT2D eigenvalue weighted by Gasteiger charge is -2.24. The highest BCUT2D eigenvalue weighted by atomic mass is 32.2. The molecular weight excluding hydrogens is 410 g/mol. The number of anilines is 1. The molecule has 2 N–H and O–H groups in total. The van der Waals surface area contributed by atoms with Crippen molar-refractivity contribution in [3.8, 4) is 0 Å².